The average molecular weight is 269 g/mol. The topological polar surface area (TPSA) is 83.6 Å². The molecule has 2 N–H and O–H groups in total. The van der Waals surface area contributed by atoms with Gasteiger partial charge in [0.1, 0.15) is 5.76 Å². The zero-order valence-electron chi connectivity index (χ0n) is 10.6. The number of hydrogen-bond acceptors (Lipinski definition) is 4. The van der Waals surface area contributed by atoms with E-state index >= 15 is 0 Å². The van der Waals surface area contributed by atoms with Crippen LogP contribution in [0, 0.1) is 6.92 Å². The van der Waals surface area contributed by atoms with E-state index < -0.39 is 5.97 Å². The normalized spacial score (nSPS) is 10.8. The maximum absolute atomic E-state index is 11.0. The third kappa shape index (κ3) is 1.80. The van der Waals surface area contributed by atoms with Crippen molar-refractivity contribution in [3.63, 3.8) is 0 Å². The third-order valence-corrected chi connectivity index (χ3v) is 3.08. The molecule has 0 aliphatic heterocycles. The Kier molecular flexibility index (Phi) is 2.68. The second-order valence-corrected chi connectivity index (χ2v) is 4.42. The molecule has 3 rings (SSSR count). The van der Waals surface area contributed by atoms with Crippen LogP contribution in [0.2, 0.25) is 0 Å². The van der Waals surface area contributed by atoms with Crippen LogP contribution in [0.15, 0.2) is 40.8 Å². The number of furan rings is 1. The fourth-order valence-electron chi connectivity index (χ4n) is 2.13. The lowest BCUT2D eigenvalue weighted by molar-refractivity contribution is 0.0687. The van der Waals surface area contributed by atoms with Gasteiger partial charge >= 0.3 is 5.97 Å². The SMILES string of the molecule is Cc1nc(C(=O)O)c(O)c2cc(-c3ccccc3)oc12. The molecule has 2 aromatic heterocycles. The van der Waals surface area contributed by atoms with Gasteiger partial charge in [-0.25, -0.2) is 9.78 Å². The van der Waals surface area contributed by atoms with Crippen molar-refractivity contribution >= 4 is 16.9 Å². The van der Waals surface area contributed by atoms with E-state index in [0.717, 1.165) is 5.56 Å². The molecule has 0 aliphatic carbocycles. The molecule has 1 aromatic carbocycles. The van der Waals surface area contributed by atoms with E-state index in [-0.39, 0.29) is 11.4 Å². The summed E-state index contributed by atoms with van der Waals surface area (Å²) < 4.78 is 5.69. The van der Waals surface area contributed by atoms with Crippen molar-refractivity contribution in [2.24, 2.45) is 0 Å². The van der Waals surface area contributed by atoms with Gasteiger partial charge in [-0.3, -0.25) is 0 Å². The highest BCUT2D eigenvalue weighted by Gasteiger charge is 2.20. The zero-order valence-corrected chi connectivity index (χ0v) is 10.6. The molecule has 0 amide bonds. The van der Waals surface area contributed by atoms with E-state index in [0.29, 0.717) is 22.4 Å². The number of hydrogen-bond donors (Lipinski definition) is 2. The molecule has 0 saturated carbocycles. The number of aromatic carboxylic acids is 1. The molecule has 0 saturated heterocycles. The number of pyridine rings is 1. The largest absolute Gasteiger partial charge is 0.505 e. The van der Waals surface area contributed by atoms with E-state index in [4.69, 9.17) is 9.52 Å². The van der Waals surface area contributed by atoms with Crippen molar-refractivity contribution in [1.82, 2.24) is 4.98 Å². The summed E-state index contributed by atoms with van der Waals surface area (Å²) in [4.78, 5) is 14.9. The molecule has 0 atom stereocenters. The van der Waals surface area contributed by atoms with E-state index in [2.05, 4.69) is 4.98 Å². The van der Waals surface area contributed by atoms with Crippen molar-refractivity contribution in [2.75, 3.05) is 0 Å². The lowest BCUT2D eigenvalue weighted by atomic mass is 10.1. The summed E-state index contributed by atoms with van der Waals surface area (Å²) in [6.07, 6.45) is 0. The predicted octanol–water partition coefficient (Wildman–Crippen LogP) is 3.21. The molecule has 3 aromatic rings. The Morgan fingerprint density at radius 1 is 1.25 bits per heavy atom. The van der Waals surface area contributed by atoms with Crippen LogP contribution in [0.25, 0.3) is 22.3 Å². The minimum atomic E-state index is -1.27. The fraction of sp³-hybridized carbons (Fsp3) is 0.0667. The molecule has 0 bridgehead atoms. The number of aromatic hydroxyl groups is 1. The van der Waals surface area contributed by atoms with E-state index in [1.165, 1.54) is 0 Å². The van der Waals surface area contributed by atoms with Gasteiger partial charge in [-0.1, -0.05) is 30.3 Å². The van der Waals surface area contributed by atoms with Crippen molar-refractivity contribution in [1.29, 1.82) is 0 Å². The highest BCUT2D eigenvalue weighted by atomic mass is 16.4. The van der Waals surface area contributed by atoms with Crippen LogP contribution in [0.5, 0.6) is 5.75 Å². The van der Waals surface area contributed by atoms with Crippen LogP contribution in [0.1, 0.15) is 16.2 Å². The quantitative estimate of drug-likeness (QED) is 0.746. The summed E-state index contributed by atoms with van der Waals surface area (Å²) in [6, 6.07) is 11.0. The predicted molar refractivity (Wildman–Crippen MR) is 72.8 cm³/mol. The van der Waals surface area contributed by atoms with Crippen LogP contribution in [-0.2, 0) is 0 Å². The van der Waals surface area contributed by atoms with Crippen LogP contribution >= 0.6 is 0 Å². The molecule has 0 radical (unpaired) electrons. The van der Waals surface area contributed by atoms with Gasteiger partial charge in [0.2, 0.25) is 0 Å². The molecule has 100 valence electrons. The smallest absolute Gasteiger partial charge is 0.358 e. The summed E-state index contributed by atoms with van der Waals surface area (Å²) in [7, 11) is 0. The van der Waals surface area contributed by atoms with Gasteiger partial charge in [-0.2, -0.15) is 0 Å². The monoisotopic (exact) mass is 269 g/mol. The molecule has 0 aliphatic rings. The summed E-state index contributed by atoms with van der Waals surface area (Å²) in [5.41, 5.74) is 1.30. The Hall–Kier alpha value is -2.82. The first kappa shape index (κ1) is 12.2. The lowest BCUT2D eigenvalue weighted by Gasteiger charge is -2.01. The van der Waals surface area contributed by atoms with Gasteiger partial charge in [0, 0.05) is 5.56 Å². The summed E-state index contributed by atoms with van der Waals surface area (Å²) in [5.74, 6) is -1.08. The molecule has 0 unspecified atom stereocenters. The van der Waals surface area contributed by atoms with E-state index in [9.17, 15) is 9.90 Å². The van der Waals surface area contributed by atoms with Gasteiger partial charge < -0.3 is 14.6 Å². The van der Waals surface area contributed by atoms with Crippen LogP contribution in [0.3, 0.4) is 0 Å². The second kappa shape index (κ2) is 4.38. The number of aromatic nitrogens is 1. The van der Waals surface area contributed by atoms with Crippen LogP contribution in [-0.4, -0.2) is 21.2 Å². The summed E-state index contributed by atoms with van der Waals surface area (Å²) in [6.45, 7) is 1.65. The third-order valence-electron chi connectivity index (χ3n) is 3.08. The summed E-state index contributed by atoms with van der Waals surface area (Å²) >= 11 is 0. The Bertz CT molecular complexity index is 806. The van der Waals surface area contributed by atoms with Crippen molar-refractivity contribution in [3.8, 4) is 17.1 Å². The van der Waals surface area contributed by atoms with Gasteiger partial charge in [0.05, 0.1) is 11.1 Å². The molecule has 0 fully saturated rings. The molecule has 5 heteroatoms. The first-order valence-corrected chi connectivity index (χ1v) is 5.99. The lowest BCUT2D eigenvalue weighted by Crippen LogP contribution is -2.02. The first-order valence-electron chi connectivity index (χ1n) is 5.99. The molecule has 20 heavy (non-hydrogen) atoms. The van der Waals surface area contributed by atoms with Gasteiger partial charge in [0.15, 0.2) is 17.0 Å². The van der Waals surface area contributed by atoms with Crippen LogP contribution in [0.4, 0.5) is 0 Å². The van der Waals surface area contributed by atoms with E-state index in [1.54, 1.807) is 13.0 Å². The molecule has 5 nitrogen and oxygen atoms in total. The minimum absolute atomic E-state index is 0.355. The fourth-order valence-corrected chi connectivity index (χ4v) is 2.13. The maximum Gasteiger partial charge on any atom is 0.358 e. The number of carboxylic acids is 1. The molecule has 2 heterocycles. The molecular formula is C15H11NO4. The number of fused-ring (bicyclic) bond motifs is 1. The highest BCUT2D eigenvalue weighted by molar-refractivity contribution is 5.98. The molecule has 0 spiro atoms. The number of carboxylic acid groups (broad SMARTS) is 1. The van der Waals surface area contributed by atoms with Crippen molar-refractivity contribution in [3.05, 3.63) is 47.8 Å². The highest BCUT2D eigenvalue weighted by Crippen LogP contribution is 2.35. The second-order valence-electron chi connectivity index (χ2n) is 4.42. The number of carbonyl (C=O) groups is 1. The Labute approximate surface area is 114 Å². The van der Waals surface area contributed by atoms with Crippen molar-refractivity contribution in [2.45, 2.75) is 6.92 Å². The van der Waals surface area contributed by atoms with Crippen molar-refractivity contribution < 1.29 is 19.4 Å². The molecular weight excluding hydrogens is 258 g/mol. The minimum Gasteiger partial charge on any atom is -0.505 e. The number of benzene rings is 1. The Morgan fingerprint density at radius 2 is 1.95 bits per heavy atom. The zero-order chi connectivity index (χ0) is 14.3. The van der Waals surface area contributed by atoms with E-state index in [1.807, 2.05) is 30.3 Å². The number of rotatable bonds is 2. The number of nitrogens with zero attached hydrogens (tertiary/aromatic N) is 1. The number of aryl methyl sites for hydroxylation is 1. The first-order chi connectivity index (χ1) is 9.58. The standard InChI is InChI=1S/C15H11NO4/c1-8-14-10(13(17)12(16-8)15(18)19)7-11(20-14)9-5-3-2-4-6-9/h2-7,17H,1H3,(H,18,19). The van der Waals surface area contributed by atoms with Gasteiger partial charge in [-0.15, -0.1) is 0 Å². The summed E-state index contributed by atoms with van der Waals surface area (Å²) in [5, 5.41) is 19.4. The Morgan fingerprint density at radius 3 is 2.60 bits per heavy atom. The Balaban J connectivity index is 2.29. The van der Waals surface area contributed by atoms with Gasteiger partial charge in [0.25, 0.3) is 0 Å². The van der Waals surface area contributed by atoms with Crippen LogP contribution < -0.4 is 0 Å². The average Bonchev–Trinajstić information content (AvgIpc) is 2.89. The van der Waals surface area contributed by atoms with Gasteiger partial charge in [-0.05, 0) is 13.0 Å². The maximum atomic E-state index is 11.0.